The summed E-state index contributed by atoms with van der Waals surface area (Å²) in [6.45, 7) is 3.14. The average Bonchev–Trinajstić information content (AvgIpc) is 3.43. The van der Waals surface area contributed by atoms with E-state index in [1.807, 2.05) is 59.5 Å². The molecule has 4 aromatic rings. The number of aryl methyl sites for hydroxylation is 2. The van der Waals surface area contributed by atoms with Gasteiger partial charge in [0.2, 0.25) is 0 Å². The number of nitrogens with zero attached hydrogens (tertiary/aromatic N) is 4. The highest BCUT2D eigenvalue weighted by Gasteiger charge is 2.14. The standard InChI is InChI=1S/C21H21N5OS/c1-15-13-18(20-9-6-12-28-20)24-26(15)11-10-22-21(27)19-14-17(23-25(19)2)16-7-4-3-5-8-16/h3-9,12-14H,10-11H2,1-2H3,(H,22,27). The number of hydrogen-bond acceptors (Lipinski definition) is 4. The Morgan fingerprint density at radius 1 is 1.07 bits per heavy atom. The smallest absolute Gasteiger partial charge is 0.269 e. The quantitative estimate of drug-likeness (QED) is 0.544. The lowest BCUT2D eigenvalue weighted by Gasteiger charge is -2.07. The molecule has 0 saturated carbocycles. The molecule has 3 aromatic heterocycles. The Morgan fingerprint density at radius 3 is 2.64 bits per heavy atom. The molecule has 6 nitrogen and oxygen atoms in total. The first-order valence-corrected chi connectivity index (χ1v) is 9.96. The Balaban J connectivity index is 1.40. The number of amides is 1. The van der Waals surface area contributed by atoms with Crippen molar-refractivity contribution in [2.24, 2.45) is 7.05 Å². The SMILES string of the molecule is Cc1cc(-c2cccs2)nn1CCNC(=O)c1cc(-c2ccccc2)nn1C. The maximum Gasteiger partial charge on any atom is 0.269 e. The average molecular weight is 392 g/mol. The van der Waals surface area contributed by atoms with E-state index in [1.165, 1.54) is 0 Å². The van der Waals surface area contributed by atoms with Crippen molar-refractivity contribution in [3.63, 3.8) is 0 Å². The first kappa shape index (κ1) is 18.2. The molecule has 0 spiro atoms. The van der Waals surface area contributed by atoms with E-state index in [4.69, 9.17) is 0 Å². The summed E-state index contributed by atoms with van der Waals surface area (Å²) in [7, 11) is 1.78. The summed E-state index contributed by atoms with van der Waals surface area (Å²) < 4.78 is 3.54. The minimum atomic E-state index is -0.138. The van der Waals surface area contributed by atoms with Crippen LogP contribution >= 0.6 is 11.3 Å². The van der Waals surface area contributed by atoms with Crippen LogP contribution in [0.15, 0.2) is 60.0 Å². The van der Waals surface area contributed by atoms with Crippen LogP contribution in [-0.4, -0.2) is 32.0 Å². The van der Waals surface area contributed by atoms with Crippen LogP contribution in [0.5, 0.6) is 0 Å². The molecule has 1 aromatic carbocycles. The molecule has 4 rings (SSSR count). The second-order valence-corrected chi connectivity index (χ2v) is 7.48. The fourth-order valence-corrected chi connectivity index (χ4v) is 3.76. The molecule has 1 amide bonds. The normalized spacial score (nSPS) is 10.9. The summed E-state index contributed by atoms with van der Waals surface area (Å²) in [4.78, 5) is 13.7. The van der Waals surface area contributed by atoms with Gasteiger partial charge in [0.05, 0.1) is 17.1 Å². The van der Waals surface area contributed by atoms with Crippen molar-refractivity contribution in [3.8, 4) is 21.8 Å². The molecule has 142 valence electrons. The van der Waals surface area contributed by atoms with E-state index in [2.05, 4.69) is 27.6 Å². The van der Waals surface area contributed by atoms with Crippen LogP contribution < -0.4 is 5.32 Å². The van der Waals surface area contributed by atoms with Gasteiger partial charge < -0.3 is 5.32 Å². The number of hydrogen-bond donors (Lipinski definition) is 1. The maximum atomic E-state index is 12.6. The number of thiophene rings is 1. The molecule has 28 heavy (non-hydrogen) atoms. The van der Waals surface area contributed by atoms with E-state index < -0.39 is 0 Å². The zero-order valence-corrected chi connectivity index (χ0v) is 16.6. The van der Waals surface area contributed by atoms with Crippen LogP contribution in [0, 0.1) is 6.92 Å². The largest absolute Gasteiger partial charge is 0.349 e. The molecule has 0 aliphatic rings. The molecule has 0 unspecified atom stereocenters. The van der Waals surface area contributed by atoms with Crippen LogP contribution in [-0.2, 0) is 13.6 Å². The van der Waals surface area contributed by atoms with Crippen LogP contribution in [0.4, 0.5) is 0 Å². The number of carbonyl (C=O) groups is 1. The van der Waals surface area contributed by atoms with E-state index in [0.717, 1.165) is 27.5 Å². The Kier molecular flexibility index (Phi) is 5.08. The molecular formula is C21H21N5OS. The second-order valence-electron chi connectivity index (χ2n) is 6.53. The van der Waals surface area contributed by atoms with E-state index >= 15 is 0 Å². The van der Waals surface area contributed by atoms with Gasteiger partial charge in [-0.2, -0.15) is 10.2 Å². The monoisotopic (exact) mass is 391 g/mol. The maximum absolute atomic E-state index is 12.6. The number of benzene rings is 1. The number of carbonyl (C=O) groups excluding carboxylic acids is 1. The zero-order chi connectivity index (χ0) is 19.5. The van der Waals surface area contributed by atoms with Gasteiger partial charge in [0, 0.05) is 24.8 Å². The third-order valence-electron chi connectivity index (χ3n) is 4.55. The summed E-state index contributed by atoms with van der Waals surface area (Å²) >= 11 is 1.67. The first-order chi connectivity index (χ1) is 13.6. The Morgan fingerprint density at radius 2 is 1.89 bits per heavy atom. The summed E-state index contributed by atoms with van der Waals surface area (Å²) in [6.07, 6.45) is 0. The van der Waals surface area contributed by atoms with Crippen LogP contribution in [0.3, 0.4) is 0 Å². The van der Waals surface area contributed by atoms with Crippen LogP contribution in [0.1, 0.15) is 16.2 Å². The van der Waals surface area contributed by atoms with Gasteiger partial charge >= 0.3 is 0 Å². The lowest BCUT2D eigenvalue weighted by molar-refractivity contribution is 0.0942. The highest BCUT2D eigenvalue weighted by molar-refractivity contribution is 7.13. The number of nitrogens with one attached hydrogen (secondary N) is 1. The van der Waals surface area contributed by atoms with Gasteiger partial charge in [0.25, 0.3) is 5.91 Å². The third-order valence-corrected chi connectivity index (χ3v) is 5.44. The molecule has 3 heterocycles. The number of aromatic nitrogens is 4. The van der Waals surface area contributed by atoms with E-state index in [-0.39, 0.29) is 5.91 Å². The van der Waals surface area contributed by atoms with Crippen LogP contribution in [0.25, 0.3) is 21.8 Å². The molecule has 0 aliphatic carbocycles. The summed E-state index contributed by atoms with van der Waals surface area (Å²) in [6, 6.07) is 17.8. The molecule has 0 bridgehead atoms. The number of rotatable bonds is 6. The minimum absolute atomic E-state index is 0.138. The van der Waals surface area contributed by atoms with Crippen molar-refractivity contribution >= 4 is 17.2 Å². The lowest BCUT2D eigenvalue weighted by Crippen LogP contribution is -2.29. The van der Waals surface area contributed by atoms with Crippen molar-refractivity contribution in [3.05, 3.63) is 71.4 Å². The first-order valence-electron chi connectivity index (χ1n) is 9.08. The van der Waals surface area contributed by atoms with Gasteiger partial charge in [-0.1, -0.05) is 36.4 Å². The van der Waals surface area contributed by atoms with Crippen molar-refractivity contribution in [2.45, 2.75) is 13.5 Å². The van der Waals surface area contributed by atoms with Crippen molar-refractivity contribution in [1.29, 1.82) is 0 Å². The fourth-order valence-electron chi connectivity index (χ4n) is 3.08. The topological polar surface area (TPSA) is 64.7 Å². The molecule has 0 saturated heterocycles. The van der Waals surface area contributed by atoms with Gasteiger partial charge in [-0.05, 0) is 30.5 Å². The van der Waals surface area contributed by atoms with Gasteiger partial charge in [0.1, 0.15) is 11.4 Å². The molecule has 7 heteroatoms. The lowest BCUT2D eigenvalue weighted by atomic mass is 10.1. The minimum Gasteiger partial charge on any atom is -0.349 e. The fraction of sp³-hybridized carbons (Fsp3) is 0.190. The van der Waals surface area contributed by atoms with Gasteiger partial charge in [-0.15, -0.1) is 11.3 Å². The van der Waals surface area contributed by atoms with Crippen molar-refractivity contribution in [1.82, 2.24) is 24.9 Å². The summed E-state index contributed by atoms with van der Waals surface area (Å²) in [5, 5.41) is 14.1. The molecule has 0 fully saturated rings. The van der Waals surface area contributed by atoms with Crippen molar-refractivity contribution in [2.75, 3.05) is 6.54 Å². The van der Waals surface area contributed by atoms with Crippen LogP contribution in [0.2, 0.25) is 0 Å². The highest BCUT2D eigenvalue weighted by Crippen LogP contribution is 2.23. The predicted molar refractivity (Wildman–Crippen MR) is 111 cm³/mol. The molecule has 1 N–H and O–H groups in total. The Bertz CT molecular complexity index is 1080. The van der Waals surface area contributed by atoms with E-state index in [1.54, 1.807) is 23.1 Å². The molecule has 0 atom stereocenters. The molecule has 0 aliphatic heterocycles. The molecule has 0 radical (unpaired) electrons. The third kappa shape index (κ3) is 3.75. The van der Waals surface area contributed by atoms with Gasteiger partial charge in [-0.3, -0.25) is 14.2 Å². The second kappa shape index (κ2) is 7.82. The predicted octanol–water partition coefficient (Wildman–Crippen LogP) is 3.75. The Hall–Kier alpha value is -3.19. The highest BCUT2D eigenvalue weighted by atomic mass is 32.1. The van der Waals surface area contributed by atoms with E-state index in [9.17, 15) is 4.79 Å². The summed E-state index contributed by atoms with van der Waals surface area (Å²) in [5.41, 5.74) is 4.36. The van der Waals surface area contributed by atoms with Gasteiger partial charge in [0.15, 0.2) is 0 Å². The van der Waals surface area contributed by atoms with E-state index in [0.29, 0.717) is 18.8 Å². The van der Waals surface area contributed by atoms with Crippen molar-refractivity contribution < 1.29 is 4.79 Å². The summed E-state index contributed by atoms with van der Waals surface area (Å²) in [5.74, 6) is -0.138. The Labute approximate surface area is 167 Å². The zero-order valence-electron chi connectivity index (χ0n) is 15.8. The molecular weight excluding hydrogens is 370 g/mol. The van der Waals surface area contributed by atoms with Gasteiger partial charge in [-0.25, -0.2) is 0 Å².